The van der Waals surface area contributed by atoms with E-state index in [0.717, 1.165) is 70.0 Å². The standard InChI is InChI=1S/C44H25N2OP/c47-48(38-25-32-9-3-23-45-43(32)44-35(38)10-4-24-46-44,36-21-17-30-13-11-26-5-1-7-28-15-19-33(36)41(30)39(26)28)37-22-18-31-14-12-27-6-2-8-29-16-20-34(37)42(31)40(27)29/h1-25H. The first-order chi connectivity index (χ1) is 23.7. The highest BCUT2D eigenvalue weighted by Crippen LogP contribution is 2.51. The van der Waals surface area contributed by atoms with E-state index in [0.29, 0.717) is 0 Å². The van der Waals surface area contributed by atoms with Gasteiger partial charge in [-0.2, -0.15) is 0 Å². The normalized spacial score (nSPS) is 12.7. The van der Waals surface area contributed by atoms with Crippen LogP contribution in [0.15, 0.2) is 152 Å². The molecule has 222 valence electrons. The van der Waals surface area contributed by atoms with Crippen LogP contribution in [-0.2, 0) is 4.57 Å². The molecule has 0 saturated heterocycles. The summed E-state index contributed by atoms with van der Waals surface area (Å²) in [5.74, 6) is 0. The molecule has 0 N–H and O–H groups in total. The Morgan fingerprint density at radius 1 is 0.354 bits per heavy atom. The van der Waals surface area contributed by atoms with Crippen molar-refractivity contribution in [3.8, 4) is 0 Å². The Morgan fingerprint density at radius 3 is 1.35 bits per heavy atom. The first-order valence-corrected chi connectivity index (χ1v) is 18.0. The molecule has 0 aliphatic rings. The minimum Gasteiger partial charge on any atom is -0.309 e. The van der Waals surface area contributed by atoms with Crippen molar-refractivity contribution in [2.75, 3.05) is 0 Å². The third-order valence-electron chi connectivity index (χ3n) is 10.5. The Morgan fingerprint density at radius 2 is 0.792 bits per heavy atom. The van der Waals surface area contributed by atoms with Gasteiger partial charge in [-0.05, 0) is 95.0 Å². The van der Waals surface area contributed by atoms with Crippen LogP contribution in [0.3, 0.4) is 0 Å². The van der Waals surface area contributed by atoms with E-state index in [1.54, 1.807) is 12.4 Å². The van der Waals surface area contributed by atoms with E-state index in [4.69, 9.17) is 9.97 Å². The number of fused-ring (bicyclic) bond motifs is 3. The summed E-state index contributed by atoms with van der Waals surface area (Å²) in [7, 11) is -3.61. The molecule has 0 aliphatic heterocycles. The average molecular weight is 629 g/mol. The van der Waals surface area contributed by atoms with Crippen LogP contribution in [0.5, 0.6) is 0 Å². The Labute approximate surface area is 275 Å². The maximum atomic E-state index is 17.1. The number of pyridine rings is 2. The van der Waals surface area contributed by atoms with Crippen LogP contribution in [0.1, 0.15) is 0 Å². The zero-order valence-electron chi connectivity index (χ0n) is 25.7. The average Bonchev–Trinajstić information content (AvgIpc) is 3.15. The van der Waals surface area contributed by atoms with Gasteiger partial charge in [-0.1, -0.05) is 109 Å². The number of hydrogen-bond acceptors (Lipinski definition) is 3. The fraction of sp³-hybridized carbons (Fsp3) is 0. The van der Waals surface area contributed by atoms with E-state index >= 15 is 4.57 Å². The summed E-state index contributed by atoms with van der Waals surface area (Å²) >= 11 is 0. The second-order valence-electron chi connectivity index (χ2n) is 12.9. The molecule has 0 spiro atoms. The maximum Gasteiger partial charge on any atom is 0.172 e. The summed E-state index contributed by atoms with van der Waals surface area (Å²) in [6.07, 6.45) is 3.61. The number of nitrogens with zero attached hydrogens (tertiary/aromatic N) is 2. The molecule has 3 nitrogen and oxygen atoms in total. The lowest BCUT2D eigenvalue weighted by Crippen LogP contribution is -2.27. The zero-order chi connectivity index (χ0) is 31.6. The molecule has 0 amide bonds. The molecule has 0 radical (unpaired) electrons. The van der Waals surface area contributed by atoms with Gasteiger partial charge in [0.05, 0.1) is 11.0 Å². The van der Waals surface area contributed by atoms with Crippen molar-refractivity contribution in [1.29, 1.82) is 0 Å². The second kappa shape index (κ2) is 9.35. The Balaban J connectivity index is 1.37. The topological polar surface area (TPSA) is 42.9 Å². The highest BCUT2D eigenvalue weighted by atomic mass is 31.2. The van der Waals surface area contributed by atoms with E-state index in [-0.39, 0.29) is 0 Å². The first kappa shape index (κ1) is 26.2. The Hall–Kier alpha value is -5.89. The summed E-state index contributed by atoms with van der Waals surface area (Å²) < 4.78 is 17.1. The largest absolute Gasteiger partial charge is 0.309 e. The molecule has 48 heavy (non-hydrogen) atoms. The number of rotatable bonds is 3. The molecule has 11 rings (SSSR count). The molecule has 2 aromatic heterocycles. The lowest BCUT2D eigenvalue weighted by molar-refractivity contribution is 0.593. The van der Waals surface area contributed by atoms with Crippen LogP contribution in [0.25, 0.3) is 86.4 Å². The van der Waals surface area contributed by atoms with Gasteiger partial charge in [-0.25, -0.2) is 0 Å². The van der Waals surface area contributed by atoms with Gasteiger partial charge in [0.1, 0.15) is 0 Å². The highest BCUT2D eigenvalue weighted by Gasteiger charge is 2.36. The Bertz CT molecular complexity index is 2980. The fourth-order valence-corrected chi connectivity index (χ4v) is 11.6. The fourth-order valence-electron chi connectivity index (χ4n) is 8.40. The van der Waals surface area contributed by atoms with Crippen molar-refractivity contribution in [1.82, 2.24) is 9.97 Å². The monoisotopic (exact) mass is 628 g/mol. The van der Waals surface area contributed by atoms with Crippen molar-refractivity contribution in [2.24, 2.45) is 0 Å². The molecule has 2 heterocycles. The van der Waals surface area contributed by atoms with Crippen molar-refractivity contribution in [3.05, 3.63) is 152 Å². The molecule has 0 fully saturated rings. The molecule has 4 heteroatoms. The maximum absolute atomic E-state index is 17.1. The van der Waals surface area contributed by atoms with Gasteiger partial charge < -0.3 is 4.57 Å². The lowest BCUT2D eigenvalue weighted by atomic mass is 9.94. The smallest absolute Gasteiger partial charge is 0.172 e. The molecule has 9 aromatic carbocycles. The number of aromatic nitrogens is 2. The Kier molecular flexibility index (Phi) is 5.10. The summed E-state index contributed by atoms with van der Waals surface area (Å²) in [5, 5.41) is 18.1. The third-order valence-corrected chi connectivity index (χ3v) is 13.7. The number of hydrogen-bond donors (Lipinski definition) is 0. The van der Waals surface area contributed by atoms with E-state index in [1.165, 1.54) is 32.3 Å². The summed E-state index contributed by atoms with van der Waals surface area (Å²) in [4.78, 5) is 9.58. The molecular weight excluding hydrogens is 603 g/mol. The van der Waals surface area contributed by atoms with Gasteiger partial charge in [0.2, 0.25) is 0 Å². The second-order valence-corrected chi connectivity index (χ2v) is 15.5. The van der Waals surface area contributed by atoms with Crippen LogP contribution < -0.4 is 15.9 Å². The van der Waals surface area contributed by atoms with Gasteiger partial charge in [0, 0.05) is 39.1 Å². The molecule has 0 atom stereocenters. The van der Waals surface area contributed by atoms with Crippen LogP contribution in [0.2, 0.25) is 0 Å². The molecule has 0 unspecified atom stereocenters. The van der Waals surface area contributed by atoms with E-state index in [9.17, 15) is 0 Å². The summed E-state index contributed by atoms with van der Waals surface area (Å²) in [5.41, 5.74) is 1.58. The number of benzene rings is 9. The molecule has 11 aromatic rings. The molecule has 0 saturated carbocycles. The van der Waals surface area contributed by atoms with Crippen molar-refractivity contribution < 1.29 is 4.57 Å². The minimum atomic E-state index is -3.61. The zero-order valence-corrected chi connectivity index (χ0v) is 26.6. The molecule has 0 aliphatic carbocycles. The molecular formula is C44H25N2OP. The van der Waals surface area contributed by atoms with Crippen LogP contribution in [0.4, 0.5) is 0 Å². The van der Waals surface area contributed by atoms with Crippen molar-refractivity contribution >= 4 is 109 Å². The first-order valence-electron chi connectivity index (χ1n) is 16.3. The predicted molar refractivity (Wildman–Crippen MR) is 204 cm³/mol. The van der Waals surface area contributed by atoms with E-state index in [1.807, 2.05) is 12.1 Å². The van der Waals surface area contributed by atoms with Gasteiger partial charge in [-0.3, -0.25) is 9.97 Å². The molecule has 0 bridgehead atoms. The van der Waals surface area contributed by atoms with Crippen LogP contribution >= 0.6 is 7.14 Å². The van der Waals surface area contributed by atoms with Gasteiger partial charge >= 0.3 is 0 Å². The minimum absolute atomic E-state index is 0.765. The third kappa shape index (κ3) is 3.31. The quantitative estimate of drug-likeness (QED) is 0.144. The van der Waals surface area contributed by atoms with Gasteiger partial charge in [-0.15, -0.1) is 0 Å². The van der Waals surface area contributed by atoms with Crippen molar-refractivity contribution in [3.63, 3.8) is 0 Å². The summed E-state index contributed by atoms with van der Waals surface area (Å²) in [6.45, 7) is 0. The summed E-state index contributed by atoms with van der Waals surface area (Å²) in [6, 6.07) is 49.1. The van der Waals surface area contributed by atoms with Gasteiger partial charge in [0.25, 0.3) is 0 Å². The van der Waals surface area contributed by atoms with E-state index < -0.39 is 7.14 Å². The predicted octanol–water partition coefficient (Wildman–Crippen LogP) is 10.2. The SMILES string of the molecule is O=P(c1cc2cccnc2c2ncccc12)(c1ccc2ccc3cccc4ccc1c2c34)c1ccc2ccc3cccc4ccc1c2c34. The lowest BCUT2D eigenvalue weighted by Gasteiger charge is -2.26. The van der Waals surface area contributed by atoms with Crippen LogP contribution in [0, 0.1) is 0 Å². The van der Waals surface area contributed by atoms with E-state index in [2.05, 4.69) is 127 Å². The van der Waals surface area contributed by atoms with Crippen LogP contribution in [-0.4, -0.2) is 9.97 Å². The highest BCUT2D eigenvalue weighted by molar-refractivity contribution is 7.86. The van der Waals surface area contributed by atoms with Gasteiger partial charge in [0.15, 0.2) is 7.14 Å². The van der Waals surface area contributed by atoms with Crippen molar-refractivity contribution in [2.45, 2.75) is 0 Å².